The minimum Gasteiger partial charge on any atom is -0.326 e. The second kappa shape index (κ2) is 4.48. The molecule has 0 aliphatic rings. The Morgan fingerprint density at radius 2 is 2.12 bits per heavy atom. The molecule has 0 amide bonds. The van der Waals surface area contributed by atoms with Crippen molar-refractivity contribution in [3.05, 3.63) is 46.3 Å². The summed E-state index contributed by atoms with van der Waals surface area (Å²) in [6, 6.07) is 12.2. The van der Waals surface area contributed by atoms with E-state index < -0.39 is 0 Å². The Kier molecular flexibility index (Phi) is 3.04. The molecule has 0 spiro atoms. The van der Waals surface area contributed by atoms with E-state index in [1.54, 1.807) is 0 Å². The fourth-order valence-corrected chi connectivity index (χ4v) is 2.49. The number of thiophene rings is 1. The smallest absolute Gasteiger partial charge is 0.110 e. The molecule has 3 heteroatoms. The maximum atomic E-state index is 8.81. The van der Waals surface area contributed by atoms with Gasteiger partial charge in [-0.05, 0) is 41.8 Å². The molecule has 0 unspecified atom stereocenters. The fourth-order valence-electron chi connectivity index (χ4n) is 1.60. The largest absolute Gasteiger partial charge is 0.326 e. The van der Waals surface area contributed by atoms with Crippen LogP contribution >= 0.6 is 11.3 Å². The molecule has 1 aromatic heterocycles. The zero-order valence-electron chi connectivity index (χ0n) is 9.03. The van der Waals surface area contributed by atoms with Crippen LogP contribution in [0.4, 0.5) is 0 Å². The number of nitrogens with zero attached hydrogens (tertiary/aromatic N) is 1. The van der Waals surface area contributed by atoms with E-state index in [0.29, 0.717) is 6.54 Å². The minimum absolute atomic E-state index is 0.545. The van der Waals surface area contributed by atoms with Gasteiger partial charge in [-0.3, -0.25) is 0 Å². The van der Waals surface area contributed by atoms with Gasteiger partial charge in [-0.2, -0.15) is 5.26 Å². The van der Waals surface area contributed by atoms with Gasteiger partial charge in [0.1, 0.15) is 10.9 Å². The van der Waals surface area contributed by atoms with Crippen LogP contribution < -0.4 is 5.73 Å². The topological polar surface area (TPSA) is 49.8 Å². The summed E-state index contributed by atoms with van der Waals surface area (Å²) in [5.41, 5.74) is 9.13. The first-order valence-corrected chi connectivity index (χ1v) is 5.86. The first kappa shape index (κ1) is 10.9. The maximum Gasteiger partial charge on any atom is 0.110 e. The van der Waals surface area contributed by atoms with Crippen LogP contribution in [0.3, 0.4) is 0 Å². The first-order valence-electron chi connectivity index (χ1n) is 5.04. The van der Waals surface area contributed by atoms with Gasteiger partial charge in [-0.25, -0.2) is 0 Å². The zero-order chi connectivity index (χ0) is 11.5. The Morgan fingerprint density at radius 1 is 1.31 bits per heavy atom. The van der Waals surface area contributed by atoms with Gasteiger partial charge in [0, 0.05) is 11.4 Å². The average Bonchev–Trinajstić information content (AvgIpc) is 2.78. The van der Waals surface area contributed by atoms with E-state index in [-0.39, 0.29) is 0 Å². The van der Waals surface area contributed by atoms with Crippen molar-refractivity contribution < 1.29 is 0 Å². The van der Waals surface area contributed by atoms with Gasteiger partial charge in [0.05, 0.1) is 0 Å². The van der Waals surface area contributed by atoms with E-state index in [1.807, 2.05) is 18.2 Å². The van der Waals surface area contributed by atoms with Crippen molar-refractivity contribution in [1.82, 2.24) is 0 Å². The molecule has 0 aliphatic heterocycles. The van der Waals surface area contributed by atoms with Gasteiger partial charge in [0.15, 0.2) is 0 Å². The lowest BCUT2D eigenvalue weighted by Gasteiger charge is -2.05. The first-order chi connectivity index (χ1) is 7.74. The molecule has 0 bridgehead atoms. The van der Waals surface area contributed by atoms with E-state index in [1.165, 1.54) is 22.5 Å². The summed E-state index contributed by atoms with van der Waals surface area (Å²) in [6.45, 7) is 2.62. The Hall–Kier alpha value is -1.63. The number of hydrogen-bond donors (Lipinski definition) is 1. The van der Waals surface area contributed by atoms with Gasteiger partial charge in [0.2, 0.25) is 0 Å². The van der Waals surface area contributed by atoms with E-state index >= 15 is 0 Å². The second-order valence-corrected chi connectivity index (χ2v) is 4.71. The lowest BCUT2D eigenvalue weighted by molar-refractivity contribution is 1.07. The predicted molar refractivity (Wildman–Crippen MR) is 67.1 cm³/mol. The van der Waals surface area contributed by atoms with Crippen molar-refractivity contribution >= 4 is 11.3 Å². The molecular weight excluding hydrogens is 216 g/mol. The minimum atomic E-state index is 0.545. The molecule has 0 saturated carbocycles. The molecule has 0 radical (unpaired) electrons. The SMILES string of the molecule is Cc1ccc(CN)cc1-c1ccc(C#N)s1. The van der Waals surface area contributed by atoms with Crippen molar-refractivity contribution in [2.45, 2.75) is 13.5 Å². The van der Waals surface area contributed by atoms with Crippen molar-refractivity contribution in [2.24, 2.45) is 5.73 Å². The highest BCUT2D eigenvalue weighted by atomic mass is 32.1. The average molecular weight is 228 g/mol. The van der Waals surface area contributed by atoms with Crippen LogP contribution in [0.2, 0.25) is 0 Å². The van der Waals surface area contributed by atoms with Gasteiger partial charge in [-0.1, -0.05) is 12.1 Å². The zero-order valence-corrected chi connectivity index (χ0v) is 9.84. The van der Waals surface area contributed by atoms with Crippen LogP contribution in [-0.4, -0.2) is 0 Å². The van der Waals surface area contributed by atoms with Gasteiger partial charge in [-0.15, -0.1) is 11.3 Å². The second-order valence-electron chi connectivity index (χ2n) is 3.63. The summed E-state index contributed by atoms with van der Waals surface area (Å²) in [7, 11) is 0. The molecule has 0 aliphatic carbocycles. The lowest BCUT2D eigenvalue weighted by Crippen LogP contribution is -1.96. The molecule has 1 aromatic carbocycles. The summed E-state index contributed by atoms with van der Waals surface area (Å²) in [5, 5.41) is 8.81. The maximum absolute atomic E-state index is 8.81. The molecule has 16 heavy (non-hydrogen) atoms. The summed E-state index contributed by atoms with van der Waals surface area (Å²) >= 11 is 1.52. The monoisotopic (exact) mass is 228 g/mol. The molecule has 0 atom stereocenters. The summed E-state index contributed by atoms with van der Waals surface area (Å²) < 4.78 is 0. The number of benzene rings is 1. The van der Waals surface area contributed by atoms with Crippen molar-refractivity contribution in [2.75, 3.05) is 0 Å². The van der Waals surface area contributed by atoms with Crippen molar-refractivity contribution in [3.8, 4) is 16.5 Å². The van der Waals surface area contributed by atoms with E-state index in [2.05, 4.69) is 25.1 Å². The van der Waals surface area contributed by atoms with Crippen LogP contribution in [0, 0.1) is 18.3 Å². The molecule has 0 saturated heterocycles. The number of hydrogen-bond acceptors (Lipinski definition) is 3. The van der Waals surface area contributed by atoms with Gasteiger partial charge < -0.3 is 5.73 Å². The molecule has 2 N–H and O–H groups in total. The van der Waals surface area contributed by atoms with E-state index in [9.17, 15) is 0 Å². The van der Waals surface area contributed by atoms with Crippen LogP contribution in [0.1, 0.15) is 16.0 Å². The highest BCUT2D eigenvalue weighted by molar-refractivity contribution is 7.16. The quantitative estimate of drug-likeness (QED) is 0.858. The molecular formula is C13H12N2S. The number of aryl methyl sites for hydroxylation is 1. The van der Waals surface area contributed by atoms with E-state index in [0.717, 1.165) is 15.3 Å². The molecule has 2 aromatic rings. The third-order valence-corrected chi connectivity index (χ3v) is 3.54. The Labute approximate surface area is 99.0 Å². The Morgan fingerprint density at radius 3 is 2.75 bits per heavy atom. The molecule has 80 valence electrons. The summed E-state index contributed by atoms with van der Waals surface area (Å²) in [6.07, 6.45) is 0. The molecule has 2 nitrogen and oxygen atoms in total. The number of rotatable bonds is 2. The van der Waals surface area contributed by atoms with Crippen molar-refractivity contribution in [1.29, 1.82) is 5.26 Å². The molecule has 1 heterocycles. The van der Waals surface area contributed by atoms with Gasteiger partial charge >= 0.3 is 0 Å². The fraction of sp³-hybridized carbons (Fsp3) is 0.154. The third-order valence-electron chi connectivity index (χ3n) is 2.52. The normalized spacial score (nSPS) is 10.1. The summed E-state index contributed by atoms with van der Waals surface area (Å²) in [4.78, 5) is 1.87. The van der Waals surface area contributed by atoms with Crippen molar-refractivity contribution in [3.63, 3.8) is 0 Å². The number of nitrogens with two attached hydrogens (primary N) is 1. The van der Waals surface area contributed by atoms with Crippen LogP contribution in [0.15, 0.2) is 30.3 Å². The molecule has 0 fully saturated rings. The lowest BCUT2D eigenvalue weighted by atomic mass is 10.0. The third kappa shape index (κ3) is 1.99. The molecule has 2 rings (SSSR count). The van der Waals surface area contributed by atoms with Gasteiger partial charge in [0.25, 0.3) is 0 Å². The van der Waals surface area contributed by atoms with E-state index in [4.69, 9.17) is 11.0 Å². The highest BCUT2D eigenvalue weighted by Crippen LogP contribution is 2.30. The number of nitriles is 1. The summed E-state index contributed by atoms with van der Waals surface area (Å²) in [5.74, 6) is 0. The highest BCUT2D eigenvalue weighted by Gasteiger charge is 2.06. The van der Waals surface area contributed by atoms with Crippen LogP contribution in [0.25, 0.3) is 10.4 Å². The Bertz CT molecular complexity index is 549. The van der Waals surface area contributed by atoms with Crippen LogP contribution in [0.5, 0.6) is 0 Å². The Balaban J connectivity index is 2.50. The predicted octanol–water partition coefficient (Wildman–Crippen LogP) is 3.05. The standard InChI is InChI=1S/C13H12N2S/c1-9-2-3-10(7-14)6-12(9)13-5-4-11(8-15)16-13/h2-6H,7,14H2,1H3. The van der Waals surface area contributed by atoms with Crippen LogP contribution in [-0.2, 0) is 6.54 Å².